The van der Waals surface area contributed by atoms with E-state index in [2.05, 4.69) is 34.7 Å². The van der Waals surface area contributed by atoms with Gasteiger partial charge in [-0.3, -0.25) is 9.69 Å². The Morgan fingerprint density at radius 3 is 2.71 bits per heavy atom. The summed E-state index contributed by atoms with van der Waals surface area (Å²) in [5.41, 5.74) is 2.71. The summed E-state index contributed by atoms with van der Waals surface area (Å²) in [5, 5.41) is 9.72. The third kappa shape index (κ3) is 3.89. The number of aromatic nitrogens is 2. The molecule has 1 fully saturated rings. The van der Waals surface area contributed by atoms with E-state index in [1.807, 2.05) is 0 Å². The summed E-state index contributed by atoms with van der Waals surface area (Å²) in [5.74, 6) is -0.305. The van der Waals surface area contributed by atoms with E-state index < -0.39 is 0 Å². The van der Waals surface area contributed by atoms with Crippen molar-refractivity contribution in [2.75, 3.05) is 18.0 Å². The fourth-order valence-electron chi connectivity index (χ4n) is 4.23. The minimum atomic E-state index is -0.305. The topological polar surface area (TPSA) is 65.2 Å². The van der Waals surface area contributed by atoms with E-state index in [0.29, 0.717) is 46.9 Å². The summed E-state index contributed by atoms with van der Waals surface area (Å²) in [4.78, 5) is 21.4. The predicted molar refractivity (Wildman–Crippen MR) is 120 cm³/mol. The highest BCUT2D eigenvalue weighted by Gasteiger charge is 2.31. The molecule has 4 rings (SSSR count). The molecule has 0 saturated carbocycles. The largest absolute Gasteiger partial charge is 0.364 e. The zero-order valence-corrected chi connectivity index (χ0v) is 18.4. The van der Waals surface area contributed by atoms with Gasteiger partial charge in [-0.15, -0.1) is 0 Å². The number of piperazine rings is 1. The first-order valence-electron chi connectivity index (χ1n) is 10.1. The van der Waals surface area contributed by atoms with E-state index in [9.17, 15) is 14.4 Å². The average molecular weight is 440 g/mol. The quantitative estimate of drug-likeness (QED) is 0.622. The van der Waals surface area contributed by atoms with Gasteiger partial charge in [0.1, 0.15) is 23.1 Å². The van der Waals surface area contributed by atoms with Crippen molar-refractivity contribution in [2.24, 2.45) is 7.05 Å². The van der Waals surface area contributed by atoms with E-state index in [0.717, 1.165) is 5.69 Å². The first-order chi connectivity index (χ1) is 14.8. The lowest BCUT2D eigenvalue weighted by Crippen LogP contribution is -2.56. The molecular formula is C23H23ClFN5O. The van der Waals surface area contributed by atoms with Gasteiger partial charge in [0.2, 0.25) is 0 Å². The molecule has 6 nitrogen and oxygen atoms in total. The molecular weight excluding hydrogens is 417 g/mol. The number of benzene rings is 1. The molecule has 3 heterocycles. The Morgan fingerprint density at radius 1 is 1.23 bits per heavy atom. The molecule has 0 bridgehead atoms. The summed E-state index contributed by atoms with van der Waals surface area (Å²) < 4.78 is 15.8. The average Bonchev–Trinajstić information content (AvgIpc) is 2.75. The van der Waals surface area contributed by atoms with Crippen molar-refractivity contribution in [3.8, 4) is 6.07 Å². The Bertz CT molecular complexity index is 1230. The molecule has 2 atom stereocenters. The van der Waals surface area contributed by atoms with Gasteiger partial charge < -0.3 is 9.47 Å². The van der Waals surface area contributed by atoms with E-state index in [-0.39, 0.29) is 23.5 Å². The molecule has 0 radical (unpaired) electrons. The predicted octanol–water partition coefficient (Wildman–Crippen LogP) is 3.70. The number of rotatable bonds is 3. The summed E-state index contributed by atoms with van der Waals surface area (Å²) in [6.07, 6.45) is 0. The summed E-state index contributed by atoms with van der Waals surface area (Å²) in [6, 6.07) is 11.9. The van der Waals surface area contributed by atoms with Crippen molar-refractivity contribution in [3.05, 3.63) is 68.8 Å². The highest BCUT2D eigenvalue weighted by molar-refractivity contribution is 6.31. The molecule has 8 heteroatoms. The second kappa shape index (κ2) is 8.29. The first-order valence-corrected chi connectivity index (χ1v) is 10.5. The maximum atomic E-state index is 14.3. The first kappa shape index (κ1) is 21.3. The Kier molecular flexibility index (Phi) is 5.69. The fraction of sp³-hybridized carbons (Fsp3) is 0.348. The van der Waals surface area contributed by atoms with Crippen LogP contribution in [0.3, 0.4) is 0 Å². The second-order valence-electron chi connectivity index (χ2n) is 8.08. The number of hydrogen-bond acceptors (Lipinski definition) is 5. The van der Waals surface area contributed by atoms with Gasteiger partial charge in [0.05, 0.1) is 11.2 Å². The molecule has 0 N–H and O–H groups in total. The van der Waals surface area contributed by atoms with Crippen molar-refractivity contribution >= 4 is 28.3 Å². The zero-order chi connectivity index (χ0) is 22.3. The number of fused-ring (bicyclic) bond motifs is 1. The molecule has 3 aromatic rings. The normalized spacial score (nSPS) is 19.5. The van der Waals surface area contributed by atoms with E-state index in [4.69, 9.17) is 11.6 Å². The van der Waals surface area contributed by atoms with Gasteiger partial charge >= 0.3 is 0 Å². The molecule has 1 aliphatic heterocycles. The van der Waals surface area contributed by atoms with Crippen LogP contribution in [0.4, 0.5) is 10.1 Å². The molecule has 0 amide bonds. The fourth-order valence-corrected chi connectivity index (χ4v) is 4.46. The van der Waals surface area contributed by atoms with Gasteiger partial charge in [0.15, 0.2) is 0 Å². The van der Waals surface area contributed by atoms with Gasteiger partial charge in [-0.2, -0.15) is 5.26 Å². The van der Waals surface area contributed by atoms with Crippen molar-refractivity contribution in [1.82, 2.24) is 14.5 Å². The number of anilines is 1. The number of pyridine rings is 2. The van der Waals surface area contributed by atoms with Crippen LogP contribution in [0.25, 0.3) is 11.0 Å². The van der Waals surface area contributed by atoms with Gasteiger partial charge in [0, 0.05) is 55.4 Å². The smallest absolute Gasteiger partial charge is 0.252 e. The molecule has 0 unspecified atom stereocenters. The number of halogens is 2. The standard InChI is InChI=1S/C23H23ClFN5O/c1-14-12-30(15(2)11-29(14)13-17-18(24)5-4-6-19(17)25)21-9-22(31)28(3)20-8-7-16(10-26)27-23(20)21/h4-9,14-15H,11-13H2,1-3H3/t14-,15+/m1/s1. The van der Waals surface area contributed by atoms with Crippen molar-refractivity contribution in [1.29, 1.82) is 5.26 Å². The van der Waals surface area contributed by atoms with E-state index in [1.54, 1.807) is 37.4 Å². The second-order valence-corrected chi connectivity index (χ2v) is 8.49. The van der Waals surface area contributed by atoms with Gasteiger partial charge in [0.25, 0.3) is 5.56 Å². The van der Waals surface area contributed by atoms with Crippen LogP contribution in [0, 0.1) is 17.1 Å². The van der Waals surface area contributed by atoms with Crippen LogP contribution in [0.15, 0.2) is 41.2 Å². The monoisotopic (exact) mass is 439 g/mol. The Hall–Kier alpha value is -2.95. The number of aryl methyl sites for hydroxylation is 1. The van der Waals surface area contributed by atoms with Gasteiger partial charge in [-0.25, -0.2) is 9.37 Å². The molecule has 0 aliphatic carbocycles. The molecule has 160 valence electrons. The van der Waals surface area contributed by atoms with Crippen molar-refractivity contribution < 1.29 is 4.39 Å². The van der Waals surface area contributed by atoms with Crippen LogP contribution in [-0.2, 0) is 13.6 Å². The third-order valence-corrected chi connectivity index (χ3v) is 6.38. The zero-order valence-electron chi connectivity index (χ0n) is 17.6. The van der Waals surface area contributed by atoms with Crippen LogP contribution < -0.4 is 10.5 Å². The lowest BCUT2D eigenvalue weighted by atomic mass is 10.0. The number of hydrogen-bond donors (Lipinski definition) is 0. The third-order valence-electron chi connectivity index (χ3n) is 6.03. The van der Waals surface area contributed by atoms with Crippen LogP contribution in [0.1, 0.15) is 25.1 Å². The van der Waals surface area contributed by atoms with Crippen LogP contribution >= 0.6 is 11.6 Å². The highest BCUT2D eigenvalue weighted by atomic mass is 35.5. The molecule has 2 aromatic heterocycles. The van der Waals surface area contributed by atoms with Crippen LogP contribution in [0.2, 0.25) is 5.02 Å². The maximum absolute atomic E-state index is 14.3. The number of nitrogens with zero attached hydrogens (tertiary/aromatic N) is 5. The molecule has 0 spiro atoms. The van der Waals surface area contributed by atoms with Crippen molar-refractivity contribution in [2.45, 2.75) is 32.5 Å². The Morgan fingerprint density at radius 2 is 2.00 bits per heavy atom. The van der Waals surface area contributed by atoms with Crippen LogP contribution in [0.5, 0.6) is 0 Å². The lowest BCUT2D eigenvalue weighted by Gasteiger charge is -2.45. The molecule has 1 aliphatic rings. The molecule has 31 heavy (non-hydrogen) atoms. The summed E-state index contributed by atoms with van der Waals surface area (Å²) >= 11 is 6.23. The summed E-state index contributed by atoms with van der Waals surface area (Å²) in [6.45, 7) is 5.86. The van der Waals surface area contributed by atoms with E-state index in [1.165, 1.54) is 10.6 Å². The minimum Gasteiger partial charge on any atom is -0.364 e. The Labute approximate surface area is 185 Å². The molecule has 1 saturated heterocycles. The van der Waals surface area contributed by atoms with Gasteiger partial charge in [-0.05, 0) is 38.1 Å². The minimum absolute atomic E-state index is 0.0459. The van der Waals surface area contributed by atoms with E-state index >= 15 is 0 Å². The maximum Gasteiger partial charge on any atom is 0.252 e. The highest BCUT2D eigenvalue weighted by Crippen LogP contribution is 2.30. The SMILES string of the molecule is C[C@@H]1CN(c2cc(=O)n(C)c3ccc(C#N)nc23)[C@@H](C)CN1Cc1c(F)cccc1Cl. The molecule has 1 aromatic carbocycles. The van der Waals surface area contributed by atoms with Crippen LogP contribution in [-0.4, -0.2) is 39.6 Å². The van der Waals surface area contributed by atoms with Crippen molar-refractivity contribution in [3.63, 3.8) is 0 Å². The summed E-state index contributed by atoms with van der Waals surface area (Å²) in [7, 11) is 1.70. The lowest BCUT2D eigenvalue weighted by molar-refractivity contribution is 0.156. The number of nitriles is 1. The van der Waals surface area contributed by atoms with Gasteiger partial charge in [-0.1, -0.05) is 17.7 Å². The Balaban J connectivity index is 1.69.